The zero-order chi connectivity index (χ0) is 14.1. The summed E-state index contributed by atoms with van der Waals surface area (Å²) in [6.07, 6.45) is 0.324. The first-order chi connectivity index (χ1) is 8.28. The van der Waals surface area contributed by atoms with Crippen molar-refractivity contribution in [2.45, 2.75) is 27.2 Å². The molecule has 0 bridgehead atoms. The zero-order valence-corrected chi connectivity index (χ0v) is 10.8. The number of Topliss-reactive ketones (excluding diaryl/α,β-unsaturated/α-hetero) is 1. The smallest absolute Gasteiger partial charge is 0.334 e. The van der Waals surface area contributed by atoms with E-state index in [1.807, 2.05) is 0 Å². The fourth-order valence-electron chi connectivity index (χ4n) is 2.49. The van der Waals surface area contributed by atoms with Gasteiger partial charge in [-0.05, 0) is 13.3 Å². The van der Waals surface area contributed by atoms with Crippen LogP contribution < -0.4 is 0 Å². The van der Waals surface area contributed by atoms with E-state index < -0.39 is 22.6 Å². The molecule has 0 aromatic heterocycles. The molecule has 0 saturated heterocycles. The van der Waals surface area contributed by atoms with E-state index in [1.165, 1.54) is 0 Å². The molecule has 1 aliphatic carbocycles. The molecule has 0 amide bonds. The third kappa shape index (κ3) is 1.52. The van der Waals surface area contributed by atoms with Crippen LogP contribution in [-0.4, -0.2) is 18.9 Å². The molecule has 0 heterocycles. The van der Waals surface area contributed by atoms with E-state index in [9.17, 15) is 14.9 Å². The van der Waals surface area contributed by atoms with Gasteiger partial charge in [-0.2, -0.15) is 10.5 Å². The van der Waals surface area contributed by atoms with Gasteiger partial charge in [0.25, 0.3) is 0 Å². The van der Waals surface area contributed by atoms with Crippen molar-refractivity contribution in [1.82, 2.24) is 0 Å². The molecule has 0 aromatic carbocycles. The lowest BCUT2D eigenvalue weighted by Gasteiger charge is -2.41. The van der Waals surface area contributed by atoms with Gasteiger partial charge >= 0.3 is 5.97 Å². The monoisotopic (exact) mass is 246 g/mol. The molecule has 0 aliphatic heterocycles. The van der Waals surface area contributed by atoms with Gasteiger partial charge in [-0.3, -0.25) is 4.79 Å². The molecule has 0 fully saturated rings. The summed E-state index contributed by atoms with van der Waals surface area (Å²) in [6.45, 7) is 4.97. The van der Waals surface area contributed by atoms with Crippen molar-refractivity contribution in [2.24, 2.45) is 10.8 Å². The van der Waals surface area contributed by atoms with Gasteiger partial charge in [-0.15, -0.1) is 0 Å². The highest BCUT2D eigenvalue weighted by molar-refractivity contribution is 6.18. The van der Waals surface area contributed by atoms with Gasteiger partial charge in [-0.1, -0.05) is 19.4 Å². The summed E-state index contributed by atoms with van der Waals surface area (Å²) in [7, 11) is 1.13. The maximum Gasteiger partial charge on any atom is 0.334 e. The fraction of sp³-hybridized carbons (Fsp3) is 0.538. The second-order valence-electron chi connectivity index (χ2n) is 5.01. The zero-order valence-electron chi connectivity index (χ0n) is 10.8. The van der Waals surface area contributed by atoms with Crippen LogP contribution in [0.25, 0.3) is 0 Å². The summed E-state index contributed by atoms with van der Waals surface area (Å²) in [6, 6.07) is 3.56. The molecule has 0 spiro atoms. The van der Waals surface area contributed by atoms with Crippen molar-refractivity contribution in [3.8, 4) is 12.1 Å². The van der Waals surface area contributed by atoms with E-state index in [1.54, 1.807) is 32.9 Å². The first kappa shape index (κ1) is 13.9. The Morgan fingerprint density at radius 3 is 2.33 bits per heavy atom. The van der Waals surface area contributed by atoms with Gasteiger partial charge in [0, 0.05) is 5.41 Å². The van der Waals surface area contributed by atoms with Gasteiger partial charge < -0.3 is 4.74 Å². The molecular weight excluding hydrogens is 232 g/mol. The second-order valence-corrected chi connectivity index (χ2v) is 5.01. The van der Waals surface area contributed by atoms with Crippen LogP contribution in [0.2, 0.25) is 0 Å². The van der Waals surface area contributed by atoms with E-state index in [0.717, 1.165) is 7.11 Å². The Morgan fingerprint density at radius 2 is 1.94 bits per heavy atom. The van der Waals surface area contributed by atoms with Crippen LogP contribution in [-0.2, 0) is 14.3 Å². The number of hydrogen-bond acceptors (Lipinski definition) is 5. The molecule has 0 saturated carbocycles. The quantitative estimate of drug-likeness (QED) is 0.516. The van der Waals surface area contributed by atoms with E-state index in [-0.39, 0.29) is 5.57 Å². The number of nitrogens with zero attached hydrogens (tertiary/aromatic N) is 2. The molecule has 0 unspecified atom stereocenters. The van der Waals surface area contributed by atoms with Gasteiger partial charge in [-0.25, -0.2) is 4.79 Å². The van der Waals surface area contributed by atoms with E-state index in [4.69, 9.17) is 5.26 Å². The van der Waals surface area contributed by atoms with Gasteiger partial charge in [0.05, 0.1) is 18.8 Å². The Hall–Kier alpha value is -2.14. The average molecular weight is 246 g/mol. The second kappa shape index (κ2) is 4.27. The maximum atomic E-state index is 12.3. The fourth-order valence-corrected chi connectivity index (χ4v) is 2.49. The Bertz CT molecular complexity index is 531. The lowest BCUT2D eigenvalue weighted by Crippen LogP contribution is -2.53. The van der Waals surface area contributed by atoms with Gasteiger partial charge in [0.15, 0.2) is 0 Å². The summed E-state index contributed by atoms with van der Waals surface area (Å²) < 4.78 is 4.60. The molecule has 18 heavy (non-hydrogen) atoms. The third-order valence-electron chi connectivity index (χ3n) is 3.49. The number of carbonyl (C=O) groups excluding carboxylic acids is 2. The Kier molecular flexibility index (Phi) is 3.30. The summed E-state index contributed by atoms with van der Waals surface area (Å²) in [5.74, 6) is -1.66. The Morgan fingerprint density at radius 1 is 1.39 bits per heavy atom. The first-order valence-corrected chi connectivity index (χ1v) is 5.42. The SMILES string of the molecule is COC(=O)[C@]1(C#N)C(=O)C(C#N)=C(C)CC1(C)C. The number of methoxy groups -OCH3 is 1. The molecule has 94 valence electrons. The minimum Gasteiger partial charge on any atom is -0.467 e. The van der Waals surface area contributed by atoms with Crippen molar-refractivity contribution < 1.29 is 14.3 Å². The van der Waals surface area contributed by atoms with Crippen molar-refractivity contribution in [1.29, 1.82) is 10.5 Å². The highest BCUT2D eigenvalue weighted by Gasteiger charge is 2.61. The minimum absolute atomic E-state index is 0.110. The highest BCUT2D eigenvalue weighted by Crippen LogP contribution is 2.50. The molecule has 5 nitrogen and oxygen atoms in total. The van der Waals surface area contributed by atoms with Crippen LogP contribution in [0.4, 0.5) is 0 Å². The van der Waals surface area contributed by atoms with Crippen LogP contribution in [0.1, 0.15) is 27.2 Å². The molecule has 0 N–H and O–H groups in total. The van der Waals surface area contributed by atoms with Crippen LogP contribution in [0.15, 0.2) is 11.1 Å². The van der Waals surface area contributed by atoms with Crippen molar-refractivity contribution >= 4 is 11.8 Å². The Balaban J connectivity index is 3.63. The number of ether oxygens (including phenoxy) is 1. The predicted molar refractivity (Wildman–Crippen MR) is 61.8 cm³/mol. The lowest BCUT2D eigenvalue weighted by molar-refractivity contribution is -0.160. The van der Waals surface area contributed by atoms with Crippen LogP contribution in [0, 0.1) is 33.5 Å². The normalized spacial score (nSPS) is 26.2. The first-order valence-electron chi connectivity index (χ1n) is 5.42. The topological polar surface area (TPSA) is 90.9 Å². The van der Waals surface area contributed by atoms with Gasteiger partial charge in [0.2, 0.25) is 11.2 Å². The number of ketones is 1. The number of carbonyl (C=O) groups is 2. The third-order valence-corrected chi connectivity index (χ3v) is 3.49. The summed E-state index contributed by atoms with van der Waals surface area (Å²) in [5.41, 5.74) is -2.36. The van der Waals surface area contributed by atoms with Crippen molar-refractivity contribution in [3.63, 3.8) is 0 Å². The number of nitriles is 2. The summed E-state index contributed by atoms with van der Waals surface area (Å²) >= 11 is 0. The predicted octanol–water partition coefficient (Wildman–Crippen LogP) is 1.51. The van der Waals surface area contributed by atoms with E-state index in [2.05, 4.69) is 4.74 Å². The molecule has 0 radical (unpaired) electrons. The largest absolute Gasteiger partial charge is 0.467 e. The van der Waals surface area contributed by atoms with Crippen molar-refractivity contribution in [3.05, 3.63) is 11.1 Å². The summed E-state index contributed by atoms with van der Waals surface area (Å²) in [5, 5.41) is 18.3. The molecule has 1 atom stereocenters. The number of esters is 1. The van der Waals surface area contributed by atoms with Crippen LogP contribution in [0.3, 0.4) is 0 Å². The standard InChI is InChI=1S/C13H14N2O3/c1-8-5-12(2,3)13(7-15,11(17)18-4)10(16)9(8)6-14/h5H2,1-4H3/t13-/m0/s1. The molecule has 5 heteroatoms. The Labute approximate surface area is 106 Å². The lowest BCUT2D eigenvalue weighted by atomic mass is 9.56. The van der Waals surface area contributed by atoms with E-state index in [0.29, 0.717) is 12.0 Å². The average Bonchev–Trinajstić information content (AvgIpc) is 2.28. The number of hydrogen-bond donors (Lipinski definition) is 0. The summed E-state index contributed by atoms with van der Waals surface area (Å²) in [4.78, 5) is 24.2. The number of allylic oxidation sites excluding steroid dienone is 2. The molecular formula is C13H14N2O3. The minimum atomic E-state index is -1.94. The molecule has 0 aromatic rings. The van der Waals surface area contributed by atoms with Gasteiger partial charge in [0.1, 0.15) is 6.07 Å². The molecule has 1 rings (SSSR count). The molecule has 1 aliphatic rings. The van der Waals surface area contributed by atoms with Crippen LogP contribution >= 0.6 is 0 Å². The maximum absolute atomic E-state index is 12.3. The van der Waals surface area contributed by atoms with Crippen LogP contribution in [0.5, 0.6) is 0 Å². The number of rotatable bonds is 1. The highest BCUT2D eigenvalue weighted by atomic mass is 16.5. The van der Waals surface area contributed by atoms with Crippen molar-refractivity contribution in [2.75, 3.05) is 7.11 Å². The van der Waals surface area contributed by atoms with E-state index >= 15 is 0 Å².